The topological polar surface area (TPSA) is 97.5 Å². The summed E-state index contributed by atoms with van der Waals surface area (Å²) in [6.45, 7) is 5.04. The molecule has 1 amide bonds. The number of carbonyl (C=O) groups excluding carboxylic acids is 1. The van der Waals surface area contributed by atoms with Crippen molar-refractivity contribution in [2.45, 2.75) is 32.7 Å². The van der Waals surface area contributed by atoms with E-state index < -0.39 is 0 Å². The summed E-state index contributed by atoms with van der Waals surface area (Å²) >= 11 is 6.38. The molecule has 1 unspecified atom stereocenters. The average molecular weight is 405 g/mol. The van der Waals surface area contributed by atoms with E-state index >= 15 is 0 Å². The number of anilines is 2. The molecule has 150 valence electrons. The molecule has 3 rings (SSSR count). The number of rotatable bonds is 5. The lowest BCUT2D eigenvalue weighted by atomic mass is 10.00. The van der Waals surface area contributed by atoms with Crippen LogP contribution in [0.1, 0.15) is 34.7 Å². The Balaban J connectivity index is 1.97. The highest BCUT2D eigenvalue weighted by Gasteiger charge is 2.35. The Labute approximate surface area is 169 Å². The van der Waals surface area contributed by atoms with Gasteiger partial charge in [-0.25, -0.2) is 4.98 Å². The van der Waals surface area contributed by atoms with Crippen molar-refractivity contribution in [1.82, 2.24) is 19.9 Å². The molecular weight excluding hydrogens is 380 g/mol. The summed E-state index contributed by atoms with van der Waals surface area (Å²) in [5, 5.41) is 0.299. The predicted molar refractivity (Wildman–Crippen MR) is 109 cm³/mol. The second kappa shape index (κ2) is 7.79. The van der Waals surface area contributed by atoms with Gasteiger partial charge in [0.15, 0.2) is 0 Å². The molecule has 2 N–H and O–H groups in total. The third-order valence-electron chi connectivity index (χ3n) is 5.06. The standard InChI is InChI=1S/C19H25ClN6O2/c1-10-7-22-13(11(2)16(10)28-5)9-26-8-12(6-14(27)25(3)4)15-17(20)23-19(21)24-18(15)26/h7,12H,6,8-9H2,1-5H3,(H2,21,23,24). The van der Waals surface area contributed by atoms with E-state index in [-0.39, 0.29) is 17.8 Å². The molecule has 0 bridgehead atoms. The molecule has 9 heteroatoms. The Morgan fingerprint density at radius 2 is 2.11 bits per heavy atom. The Kier molecular flexibility index (Phi) is 5.60. The number of hydrogen-bond donors (Lipinski definition) is 1. The maximum atomic E-state index is 12.3. The van der Waals surface area contributed by atoms with Gasteiger partial charge in [-0.15, -0.1) is 0 Å². The van der Waals surface area contributed by atoms with Crippen LogP contribution in [-0.2, 0) is 11.3 Å². The minimum Gasteiger partial charge on any atom is -0.496 e. The highest BCUT2D eigenvalue weighted by Crippen LogP contribution is 2.42. The van der Waals surface area contributed by atoms with Crippen LogP contribution in [0.5, 0.6) is 5.75 Å². The zero-order valence-corrected chi connectivity index (χ0v) is 17.5. The van der Waals surface area contributed by atoms with Crippen LogP contribution in [0.2, 0.25) is 5.15 Å². The lowest BCUT2D eigenvalue weighted by molar-refractivity contribution is -0.129. The van der Waals surface area contributed by atoms with Crippen molar-refractivity contribution in [2.24, 2.45) is 0 Å². The van der Waals surface area contributed by atoms with Gasteiger partial charge in [0.1, 0.15) is 16.7 Å². The molecule has 1 aliphatic rings. The summed E-state index contributed by atoms with van der Waals surface area (Å²) in [7, 11) is 5.13. The smallest absolute Gasteiger partial charge is 0.223 e. The van der Waals surface area contributed by atoms with Gasteiger partial charge in [0.2, 0.25) is 11.9 Å². The van der Waals surface area contributed by atoms with Crippen molar-refractivity contribution < 1.29 is 9.53 Å². The summed E-state index contributed by atoms with van der Waals surface area (Å²) in [4.78, 5) is 29.0. The third-order valence-corrected chi connectivity index (χ3v) is 5.34. The van der Waals surface area contributed by atoms with Gasteiger partial charge in [0, 0.05) is 55.9 Å². The van der Waals surface area contributed by atoms with Gasteiger partial charge in [0.05, 0.1) is 19.3 Å². The SMILES string of the molecule is COc1c(C)cnc(CN2CC(CC(=O)N(C)C)c3c(Cl)nc(N)nc32)c1C. The number of amides is 1. The fourth-order valence-electron chi connectivity index (χ4n) is 3.59. The predicted octanol–water partition coefficient (Wildman–Crippen LogP) is 2.31. The second-order valence-corrected chi connectivity index (χ2v) is 7.58. The maximum absolute atomic E-state index is 12.3. The highest BCUT2D eigenvalue weighted by atomic mass is 35.5. The number of halogens is 1. The van der Waals surface area contributed by atoms with E-state index in [0.29, 0.717) is 30.5 Å². The van der Waals surface area contributed by atoms with E-state index in [4.69, 9.17) is 22.1 Å². The minimum atomic E-state index is -0.106. The Bertz CT molecular complexity index is 918. The van der Waals surface area contributed by atoms with Gasteiger partial charge in [0.25, 0.3) is 0 Å². The molecule has 2 aromatic heterocycles. The molecule has 2 aromatic rings. The van der Waals surface area contributed by atoms with Crippen LogP contribution < -0.4 is 15.4 Å². The molecule has 1 atom stereocenters. The number of ether oxygens (including phenoxy) is 1. The molecular formula is C19H25ClN6O2. The van der Waals surface area contributed by atoms with Crippen molar-refractivity contribution in [1.29, 1.82) is 0 Å². The minimum absolute atomic E-state index is 0.0250. The molecule has 0 radical (unpaired) electrons. The number of fused-ring (bicyclic) bond motifs is 1. The number of nitrogens with zero attached hydrogens (tertiary/aromatic N) is 5. The third kappa shape index (κ3) is 3.69. The van der Waals surface area contributed by atoms with E-state index in [1.807, 2.05) is 13.8 Å². The first-order chi connectivity index (χ1) is 13.2. The van der Waals surface area contributed by atoms with Crippen molar-refractivity contribution >= 4 is 29.3 Å². The number of methoxy groups -OCH3 is 1. The maximum Gasteiger partial charge on any atom is 0.223 e. The largest absolute Gasteiger partial charge is 0.496 e. The van der Waals surface area contributed by atoms with Crippen LogP contribution in [0, 0.1) is 13.8 Å². The number of carbonyl (C=O) groups is 1. The zero-order chi connectivity index (χ0) is 20.6. The molecule has 8 nitrogen and oxygen atoms in total. The van der Waals surface area contributed by atoms with Crippen LogP contribution in [0.3, 0.4) is 0 Å². The fourth-order valence-corrected chi connectivity index (χ4v) is 3.92. The summed E-state index contributed by atoms with van der Waals surface area (Å²) in [6, 6.07) is 0. The lowest BCUT2D eigenvalue weighted by Gasteiger charge is -2.21. The normalized spacial score (nSPS) is 15.5. The van der Waals surface area contributed by atoms with E-state index in [0.717, 1.165) is 28.1 Å². The van der Waals surface area contributed by atoms with Gasteiger partial charge in [-0.3, -0.25) is 9.78 Å². The number of aromatic nitrogens is 3. The Morgan fingerprint density at radius 1 is 1.39 bits per heavy atom. The first-order valence-corrected chi connectivity index (χ1v) is 9.37. The number of aryl methyl sites for hydroxylation is 1. The monoisotopic (exact) mass is 404 g/mol. The molecule has 0 saturated carbocycles. The van der Waals surface area contributed by atoms with E-state index in [1.54, 1.807) is 32.3 Å². The molecule has 0 aliphatic carbocycles. The quantitative estimate of drug-likeness (QED) is 0.763. The van der Waals surface area contributed by atoms with Gasteiger partial charge in [-0.2, -0.15) is 4.98 Å². The van der Waals surface area contributed by atoms with Crippen LogP contribution >= 0.6 is 11.6 Å². The molecule has 0 fully saturated rings. The van der Waals surface area contributed by atoms with Crippen molar-refractivity contribution in [3.8, 4) is 5.75 Å². The molecule has 0 aromatic carbocycles. The van der Waals surface area contributed by atoms with Gasteiger partial charge in [-0.1, -0.05) is 11.6 Å². The van der Waals surface area contributed by atoms with E-state index in [1.165, 1.54) is 0 Å². The van der Waals surface area contributed by atoms with Gasteiger partial charge >= 0.3 is 0 Å². The first-order valence-electron chi connectivity index (χ1n) is 9.00. The molecule has 3 heterocycles. The van der Waals surface area contributed by atoms with Crippen LogP contribution in [-0.4, -0.2) is 53.5 Å². The highest BCUT2D eigenvalue weighted by molar-refractivity contribution is 6.30. The number of nitrogens with two attached hydrogens (primary N) is 1. The summed E-state index contributed by atoms with van der Waals surface area (Å²) in [6.07, 6.45) is 2.12. The molecule has 28 heavy (non-hydrogen) atoms. The summed E-state index contributed by atoms with van der Waals surface area (Å²) < 4.78 is 5.51. The summed E-state index contributed by atoms with van der Waals surface area (Å²) in [5.74, 6) is 1.51. The molecule has 0 saturated heterocycles. The second-order valence-electron chi connectivity index (χ2n) is 7.23. The van der Waals surface area contributed by atoms with Crippen LogP contribution in [0.25, 0.3) is 0 Å². The van der Waals surface area contributed by atoms with E-state index in [9.17, 15) is 4.79 Å². The van der Waals surface area contributed by atoms with Gasteiger partial charge in [-0.05, 0) is 13.8 Å². The number of hydrogen-bond acceptors (Lipinski definition) is 7. The van der Waals surface area contributed by atoms with Crippen molar-refractivity contribution in [3.63, 3.8) is 0 Å². The zero-order valence-electron chi connectivity index (χ0n) is 16.8. The van der Waals surface area contributed by atoms with Crippen molar-refractivity contribution in [3.05, 3.63) is 33.7 Å². The average Bonchev–Trinajstić information content (AvgIpc) is 2.95. The number of nitrogen functional groups attached to an aromatic ring is 1. The molecule has 1 aliphatic heterocycles. The van der Waals surface area contributed by atoms with E-state index in [2.05, 4.69) is 19.9 Å². The summed E-state index contributed by atoms with van der Waals surface area (Å²) in [5.41, 5.74) is 9.43. The fraction of sp³-hybridized carbons (Fsp3) is 0.474. The first kappa shape index (κ1) is 20.1. The van der Waals surface area contributed by atoms with Gasteiger partial charge < -0.3 is 20.3 Å². The van der Waals surface area contributed by atoms with Crippen LogP contribution in [0.15, 0.2) is 6.20 Å². The Hall–Kier alpha value is -2.61. The van der Waals surface area contributed by atoms with Crippen LogP contribution in [0.4, 0.5) is 11.8 Å². The molecule has 0 spiro atoms. The number of pyridine rings is 1. The van der Waals surface area contributed by atoms with Crippen molar-refractivity contribution in [2.75, 3.05) is 38.4 Å². The lowest BCUT2D eigenvalue weighted by Crippen LogP contribution is -2.27. The Morgan fingerprint density at radius 3 is 2.75 bits per heavy atom.